The van der Waals surface area contributed by atoms with Crippen molar-refractivity contribution in [2.75, 3.05) is 6.54 Å². The number of benzene rings is 1. The molecule has 0 aromatic heterocycles. The minimum Gasteiger partial charge on any atom is -0.392 e. The molecule has 0 radical (unpaired) electrons. The number of halogens is 2. The molecule has 0 bridgehead atoms. The summed E-state index contributed by atoms with van der Waals surface area (Å²) in [6, 6.07) is 2.77. The van der Waals surface area contributed by atoms with Crippen LogP contribution in [0.3, 0.4) is 0 Å². The van der Waals surface area contributed by atoms with E-state index >= 15 is 0 Å². The first-order valence-electron chi connectivity index (χ1n) is 6.51. The zero-order chi connectivity index (χ0) is 15.2. The van der Waals surface area contributed by atoms with E-state index in [0.717, 1.165) is 25.7 Å². The van der Waals surface area contributed by atoms with Gasteiger partial charge in [-0.3, -0.25) is 0 Å². The van der Waals surface area contributed by atoms with Crippen LogP contribution in [0.4, 0.5) is 0 Å². The lowest BCUT2D eigenvalue weighted by atomic mass is 10.2. The molecule has 7 heteroatoms. The van der Waals surface area contributed by atoms with Gasteiger partial charge in [0, 0.05) is 17.1 Å². The lowest BCUT2D eigenvalue weighted by molar-refractivity contribution is 0.281. The first-order valence-corrected chi connectivity index (χ1v) is 8.75. The average Bonchev–Trinajstić information content (AvgIpc) is 2.38. The van der Waals surface area contributed by atoms with Gasteiger partial charge >= 0.3 is 0 Å². The maximum Gasteiger partial charge on any atom is 0.242 e. The van der Waals surface area contributed by atoms with Gasteiger partial charge < -0.3 is 5.11 Å². The van der Waals surface area contributed by atoms with Gasteiger partial charge in [-0.05, 0) is 18.6 Å². The fourth-order valence-corrected chi connectivity index (χ4v) is 3.73. The summed E-state index contributed by atoms with van der Waals surface area (Å²) >= 11 is 11.9. The smallest absolute Gasteiger partial charge is 0.242 e. The van der Waals surface area contributed by atoms with E-state index in [0.29, 0.717) is 6.54 Å². The van der Waals surface area contributed by atoms with Crippen LogP contribution in [-0.2, 0) is 16.6 Å². The minimum absolute atomic E-state index is 0.0268. The second kappa shape index (κ2) is 8.20. The molecule has 0 unspecified atom stereocenters. The zero-order valence-corrected chi connectivity index (χ0v) is 13.7. The van der Waals surface area contributed by atoms with Gasteiger partial charge in [-0.2, -0.15) is 0 Å². The lowest BCUT2D eigenvalue weighted by Gasteiger charge is -2.11. The van der Waals surface area contributed by atoms with Crippen LogP contribution in [0.25, 0.3) is 0 Å². The Hall–Kier alpha value is -0.330. The standard InChI is InChI=1S/C13H19Cl2NO3S/c1-2-3-4-5-8-16-20(18,19)12-7-6-11(14)10(9-17)13(12)15/h6-7,16-17H,2-5,8-9H2,1H3. The molecule has 1 aromatic carbocycles. The third-order valence-corrected chi connectivity index (χ3v) is 5.32. The Morgan fingerprint density at radius 1 is 1.20 bits per heavy atom. The summed E-state index contributed by atoms with van der Waals surface area (Å²) in [5, 5.41) is 9.40. The number of hydrogen-bond donors (Lipinski definition) is 2. The molecular weight excluding hydrogens is 321 g/mol. The van der Waals surface area contributed by atoms with Crippen LogP contribution in [0.5, 0.6) is 0 Å². The number of hydrogen-bond acceptors (Lipinski definition) is 3. The van der Waals surface area contributed by atoms with Crippen LogP contribution in [0.1, 0.15) is 38.2 Å². The third kappa shape index (κ3) is 4.60. The van der Waals surface area contributed by atoms with Crippen molar-refractivity contribution in [2.24, 2.45) is 0 Å². The largest absolute Gasteiger partial charge is 0.392 e. The minimum atomic E-state index is -3.68. The molecule has 20 heavy (non-hydrogen) atoms. The van der Waals surface area contributed by atoms with Gasteiger partial charge in [-0.25, -0.2) is 13.1 Å². The fraction of sp³-hybridized carbons (Fsp3) is 0.538. The van der Waals surface area contributed by atoms with Gasteiger partial charge in [0.1, 0.15) is 4.90 Å². The van der Waals surface area contributed by atoms with E-state index in [2.05, 4.69) is 11.6 Å². The van der Waals surface area contributed by atoms with Gasteiger partial charge in [0.2, 0.25) is 10.0 Å². The average molecular weight is 340 g/mol. The topological polar surface area (TPSA) is 66.4 Å². The van der Waals surface area contributed by atoms with Crippen LogP contribution in [0.2, 0.25) is 10.0 Å². The SMILES string of the molecule is CCCCCCNS(=O)(=O)c1ccc(Cl)c(CO)c1Cl. The van der Waals surface area contributed by atoms with Gasteiger partial charge in [-0.1, -0.05) is 49.4 Å². The molecule has 114 valence electrons. The number of aliphatic hydroxyl groups excluding tert-OH is 1. The molecular formula is C13H19Cl2NO3S. The highest BCUT2D eigenvalue weighted by Crippen LogP contribution is 2.30. The van der Waals surface area contributed by atoms with Gasteiger partial charge in [0.05, 0.1) is 11.6 Å². The summed E-state index contributed by atoms with van der Waals surface area (Å²) in [7, 11) is -3.68. The quantitative estimate of drug-likeness (QED) is 0.713. The van der Waals surface area contributed by atoms with Crippen LogP contribution >= 0.6 is 23.2 Å². The maximum atomic E-state index is 12.1. The Labute approximate surface area is 130 Å². The molecule has 0 atom stereocenters. The molecule has 0 fully saturated rings. The maximum absolute atomic E-state index is 12.1. The third-order valence-electron chi connectivity index (χ3n) is 2.92. The van der Waals surface area contributed by atoms with Gasteiger partial charge in [0.15, 0.2) is 0 Å². The van der Waals surface area contributed by atoms with Gasteiger partial charge in [0.25, 0.3) is 0 Å². The fourth-order valence-electron chi connectivity index (χ4n) is 1.76. The molecule has 2 N–H and O–H groups in total. The predicted octanol–water partition coefficient (Wildman–Crippen LogP) is 3.34. The molecule has 0 aliphatic heterocycles. The van der Waals surface area contributed by atoms with Crippen molar-refractivity contribution < 1.29 is 13.5 Å². The van der Waals surface area contributed by atoms with Crippen molar-refractivity contribution in [1.29, 1.82) is 0 Å². The van der Waals surface area contributed by atoms with Crippen molar-refractivity contribution in [3.8, 4) is 0 Å². The van der Waals surface area contributed by atoms with Crippen LogP contribution in [0, 0.1) is 0 Å². The Kier molecular flexibility index (Phi) is 7.26. The summed E-state index contributed by atoms with van der Waals surface area (Å²) < 4.78 is 26.8. The summed E-state index contributed by atoms with van der Waals surface area (Å²) in [5.74, 6) is 0. The highest BCUT2D eigenvalue weighted by atomic mass is 35.5. The highest BCUT2D eigenvalue weighted by molar-refractivity contribution is 7.89. The summed E-state index contributed by atoms with van der Waals surface area (Å²) in [6.07, 6.45) is 3.94. The first-order chi connectivity index (χ1) is 9.44. The van der Waals surface area contributed by atoms with Crippen molar-refractivity contribution in [3.05, 3.63) is 27.7 Å². The Morgan fingerprint density at radius 3 is 2.50 bits per heavy atom. The number of aliphatic hydroxyl groups is 1. The van der Waals surface area contributed by atoms with E-state index in [4.69, 9.17) is 23.2 Å². The number of nitrogens with one attached hydrogen (secondary N) is 1. The zero-order valence-electron chi connectivity index (χ0n) is 11.3. The van der Waals surface area contributed by atoms with Crippen LogP contribution < -0.4 is 4.72 Å². The lowest BCUT2D eigenvalue weighted by Crippen LogP contribution is -2.25. The molecule has 0 aliphatic rings. The van der Waals surface area contributed by atoms with Crippen molar-refractivity contribution in [3.63, 3.8) is 0 Å². The van der Waals surface area contributed by atoms with Crippen molar-refractivity contribution >= 4 is 33.2 Å². The van der Waals surface area contributed by atoms with Gasteiger partial charge in [-0.15, -0.1) is 0 Å². The Bertz CT molecular complexity index is 547. The Morgan fingerprint density at radius 2 is 1.90 bits per heavy atom. The molecule has 0 amide bonds. The Balaban J connectivity index is 2.83. The summed E-state index contributed by atoms with van der Waals surface area (Å²) in [5.41, 5.74) is 0.224. The molecule has 0 aliphatic carbocycles. The normalized spacial score (nSPS) is 11.8. The molecule has 1 rings (SSSR count). The second-order valence-electron chi connectivity index (χ2n) is 4.45. The molecule has 4 nitrogen and oxygen atoms in total. The molecule has 0 saturated carbocycles. The predicted molar refractivity (Wildman–Crippen MR) is 81.7 cm³/mol. The molecule has 0 heterocycles. The van der Waals surface area contributed by atoms with Crippen LogP contribution in [-0.4, -0.2) is 20.1 Å². The number of unbranched alkanes of at least 4 members (excludes halogenated alkanes) is 3. The molecule has 0 saturated heterocycles. The summed E-state index contributed by atoms with van der Waals surface area (Å²) in [4.78, 5) is -0.0527. The first kappa shape index (κ1) is 17.7. The van der Waals surface area contributed by atoms with E-state index in [-0.39, 0.29) is 20.5 Å². The summed E-state index contributed by atoms with van der Waals surface area (Å²) in [6.45, 7) is 2.06. The van der Waals surface area contributed by atoms with E-state index < -0.39 is 16.6 Å². The monoisotopic (exact) mass is 339 g/mol. The van der Waals surface area contributed by atoms with E-state index in [1.807, 2.05) is 0 Å². The van der Waals surface area contributed by atoms with Crippen molar-refractivity contribution in [2.45, 2.75) is 44.1 Å². The number of rotatable bonds is 8. The van der Waals surface area contributed by atoms with Crippen LogP contribution in [0.15, 0.2) is 17.0 Å². The molecule has 1 aromatic rings. The van der Waals surface area contributed by atoms with E-state index in [1.165, 1.54) is 12.1 Å². The van der Waals surface area contributed by atoms with Crippen molar-refractivity contribution in [1.82, 2.24) is 4.72 Å². The number of sulfonamides is 1. The van der Waals surface area contributed by atoms with E-state index in [1.54, 1.807) is 0 Å². The highest BCUT2D eigenvalue weighted by Gasteiger charge is 2.20. The van der Waals surface area contributed by atoms with E-state index in [9.17, 15) is 13.5 Å². The second-order valence-corrected chi connectivity index (χ2v) is 6.98. The molecule has 0 spiro atoms.